The van der Waals surface area contributed by atoms with Gasteiger partial charge in [0.1, 0.15) is 17.1 Å². The number of aliphatic hydroxyl groups is 3. The summed E-state index contributed by atoms with van der Waals surface area (Å²) < 4.78 is 1.17. The molecule has 8 heteroatoms. The fraction of sp³-hybridized carbons (Fsp3) is 0.600. The predicted octanol–water partition coefficient (Wildman–Crippen LogP) is -1.83. The lowest BCUT2D eigenvalue weighted by atomic mass is 10.0. The van der Waals surface area contributed by atoms with Crippen LogP contribution in [0.4, 0.5) is 0 Å². The van der Waals surface area contributed by atoms with E-state index in [0.29, 0.717) is 5.56 Å². The Labute approximate surface area is 106 Å². The lowest BCUT2D eigenvalue weighted by Gasteiger charge is -2.25. The zero-order chi connectivity index (χ0) is 13.5. The van der Waals surface area contributed by atoms with E-state index in [9.17, 15) is 19.8 Å². The fourth-order valence-electron chi connectivity index (χ4n) is 1.82. The number of hydrogen-bond acceptors (Lipinski definition) is 6. The van der Waals surface area contributed by atoms with Crippen molar-refractivity contribution in [3.63, 3.8) is 0 Å². The quantitative estimate of drug-likeness (QED) is 0.504. The van der Waals surface area contributed by atoms with Crippen molar-refractivity contribution in [3.05, 3.63) is 32.6 Å². The Morgan fingerprint density at radius 3 is 2.83 bits per heavy atom. The van der Waals surface area contributed by atoms with Crippen molar-refractivity contribution in [2.24, 2.45) is 0 Å². The number of nitrogens with one attached hydrogen (secondary N) is 1. The van der Waals surface area contributed by atoms with Gasteiger partial charge in [-0.3, -0.25) is 14.3 Å². The van der Waals surface area contributed by atoms with Gasteiger partial charge in [0.05, 0.1) is 6.61 Å². The van der Waals surface area contributed by atoms with Crippen LogP contribution in [0, 0.1) is 6.92 Å². The largest absolute Gasteiger partial charge is 0.393 e. The maximum Gasteiger partial charge on any atom is 0.329 e. The molecule has 0 aliphatic carbocycles. The van der Waals surface area contributed by atoms with E-state index in [0.717, 1.165) is 11.8 Å². The van der Waals surface area contributed by atoms with E-state index in [1.807, 2.05) is 0 Å². The third-order valence-corrected chi connectivity index (χ3v) is 4.51. The van der Waals surface area contributed by atoms with E-state index < -0.39 is 34.9 Å². The first-order chi connectivity index (χ1) is 8.39. The highest BCUT2D eigenvalue weighted by Crippen LogP contribution is 2.41. The number of nitrogens with zero attached hydrogens (tertiary/aromatic N) is 1. The van der Waals surface area contributed by atoms with Crippen molar-refractivity contribution < 1.29 is 15.3 Å². The Bertz CT molecular complexity index is 568. The predicted molar refractivity (Wildman–Crippen MR) is 65.6 cm³/mol. The van der Waals surface area contributed by atoms with Gasteiger partial charge in [-0.15, -0.1) is 11.8 Å². The molecule has 4 N–H and O–H groups in total. The average molecular weight is 274 g/mol. The Kier molecular flexibility index (Phi) is 3.37. The molecule has 2 heterocycles. The van der Waals surface area contributed by atoms with Gasteiger partial charge < -0.3 is 15.3 Å². The van der Waals surface area contributed by atoms with Crippen molar-refractivity contribution in [3.8, 4) is 0 Å². The smallest absolute Gasteiger partial charge is 0.329 e. The highest BCUT2D eigenvalue weighted by Gasteiger charge is 2.48. The topological polar surface area (TPSA) is 116 Å². The summed E-state index contributed by atoms with van der Waals surface area (Å²) in [7, 11) is 0. The molecule has 1 aromatic heterocycles. The minimum absolute atomic E-state index is 0.111. The van der Waals surface area contributed by atoms with E-state index in [4.69, 9.17) is 5.11 Å². The van der Waals surface area contributed by atoms with Crippen molar-refractivity contribution >= 4 is 11.8 Å². The second-order valence-corrected chi connectivity index (χ2v) is 5.49. The first-order valence-electron chi connectivity index (χ1n) is 5.34. The lowest BCUT2D eigenvalue weighted by molar-refractivity contribution is -0.0876. The van der Waals surface area contributed by atoms with Crippen molar-refractivity contribution in [1.29, 1.82) is 0 Å². The first-order valence-corrected chi connectivity index (χ1v) is 6.39. The lowest BCUT2D eigenvalue weighted by Crippen LogP contribution is -2.47. The van der Waals surface area contributed by atoms with Crippen molar-refractivity contribution in [1.82, 2.24) is 9.55 Å². The van der Waals surface area contributed by atoms with Gasteiger partial charge >= 0.3 is 5.69 Å². The zero-order valence-electron chi connectivity index (χ0n) is 9.66. The Morgan fingerprint density at radius 2 is 2.28 bits per heavy atom. The Morgan fingerprint density at radius 1 is 1.61 bits per heavy atom. The fourth-order valence-corrected chi connectivity index (χ4v) is 3.29. The minimum Gasteiger partial charge on any atom is -0.393 e. The van der Waals surface area contributed by atoms with Crippen LogP contribution < -0.4 is 11.2 Å². The van der Waals surface area contributed by atoms with Crippen LogP contribution in [-0.4, -0.2) is 48.9 Å². The van der Waals surface area contributed by atoms with Crippen molar-refractivity contribution in [2.45, 2.75) is 24.0 Å². The summed E-state index contributed by atoms with van der Waals surface area (Å²) in [6.45, 7) is 0.952. The molecule has 0 amide bonds. The molecule has 0 bridgehead atoms. The number of thioether (sulfide) groups is 1. The molecular weight excluding hydrogens is 260 g/mol. The third kappa shape index (κ3) is 2.01. The van der Waals surface area contributed by atoms with Crippen LogP contribution in [0.1, 0.15) is 10.9 Å². The molecule has 0 saturated carbocycles. The van der Waals surface area contributed by atoms with Gasteiger partial charge in [0.15, 0.2) is 0 Å². The number of aromatic nitrogens is 2. The number of hydrogen-bond donors (Lipinski definition) is 4. The van der Waals surface area contributed by atoms with E-state index in [1.54, 1.807) is 6.92 Å². The van der Waals surface area contributed by atoms with E-state index in [2.05, 4.69) is 4.98 Å². The number of aliphatic hydroxyl groups excluding tert-OH is 2. The van der Waals surface area contributed by atoms with Crippen LogP contribution in [0.15, 0.2) is 15.8 Å². The second-order valence-electron chi connectivity index (χ2n) is 4.39. The minimum atomic E-state index is -1.63. The van der Waals surface area contributed by atoms with E-state index in [-0.39, 0.29) is 5.75 Å². The SMILES string of the molecule is Cc1cn([C@@H]2SC[C@@](O)(CO)[C@@H]2O)c(=O)[nH]c1=O. The van der Waals surface area contributed by atoms with Gasteiger partial charge in [-0.05, 0) is 6.92 Å². The maximum absolute atomic E-state index is 11.7. The van der Waals surface area contributed by atoms with Crippen LogP contribution in [0.3, 0.4) is 0 Å². The summed E-state index contributed by atoms with van der Waals surface area (Å²) in [6, 6.07) is 0. The molecule has 0 unspecified atom stereocenters. The van der Waals surface area contributed by atoms with E-state index in [1.165, 1.54) is 10.8 Å². The summed E-state index contributed by atoms with van der Waals surface area (Å²) in [4.78, 5) is 25.0. The normalized spacial score (nSPS) is 31.8. The maximum atomic E-state index is 11.7. The van der Waals surface area contributed by atoms with Gasteiger partial charge in [-0.1, -0.05) is 0 Å². The molecule has 3 atom stereocenters. The number of H-pyrrole nitrogens is 1. The van der Waals surface area contributed by atoms with E-state index >= 15 is 0 Å². The van der Waals surface area contributed by atoms with Gasteiger partial charge in [0.25, 0.3) is 5.56 Å². The molecule has 1 fully saturated rings. The molecule has 1 aliphatic rings. The Hall–Kier alpha value is -1.09. The van der Waals surface area contributed by atoms with Gasteiger partial charge in [-0.2, -0.15) is 0 Å². The Balaban J connectivity index is 2.43. The average Bonchev–Trinajstić information content (AvgIpc) is 2.62. The molecule has 1 saturated heterocycles. The molecule has 2 rings (SSSR count). The number of aryl methyl sites for hydroxylation is 1. The zero-order valence-corrected chi connectivity index (χ0v) is 10.5. The molecule has 7 nitrogen and oxygen atoms in total. The van der Waals surface area contributed by atoms with Crippen molar-refractivity contribution in [2.75, 3.05) is 12.4 Å². The summed E-state index contributed by atoms with van der Waals surface area (Å²) in [6.07, 6.45) is 0.0565. The first kappa shape index (κ1) is 13.3. The number of aromatic amines is 1. The van der Waals surface area contributed by atoms with Gasteiger partial charge in [0.2, 0.25) is 0 Å². The van der Waals surface area contributed by atoms with Gasteiger partial charge in [-0.25, -0.2) is 4.79 Å². The molecule has 18 heavy (non-hydrogen) atoms. The molecule has 100 valence electrons. The van der Waals surface area contributed by atoms with Crippen LogP contribution in [-0.2, 0) is 0 Å². The second kappa shape index (κ2) is 4.54. The summed E-state index contributed by atoms with van der Waals surface area (Å²) in [5.74, 6) is 0.111. The highest BCUT2D eigenvalue weighted by molar-refractivity contribution is 7.99. The van der Waals surface area contributed by atoms with Crippen LogP contribution in [0.2, 0.25) is 0 Å². The van der Waals surface area contributed by atoms with Crippen LogP contribution in [0.25, 0.3) is 0 Å². The summed E-state index contributed by atoms with van der Waals surface area (Å²) >= 11 is 1.14. The molecular formula is C10H14N2O5S. The molecule has 0 aromatic carbocycles. The monoisotopic (exact) mass is 274 g/mol. The van der Waals surface area contributed by atoms with Crippen LogP contribution >= 0.6 is 11.8 Å². The third-order valence-electron chi connectivity index (χ3n) is 3.02. The summed E-state index contributed by atoms with van der Waals surface area (Å²) in [5, 5.41) is 28.2. The molecule has 0 spiro atoms. The van der Waals surface area contributed by atoms with Gasteiger partial charge in [0, 0.05) is 17.5 Å². The molecule has 1 aromatic rings. The molecule has 1 aliphatic heterocycles. The summed E-state index contributed by atoms with van der Waals surface area (Å²) in [5.41, 5.74) is -2.42. The highest BCUT2D eigenvalue weighted by atomic mass is 32.2. The standard InChI is InChI=1S/C10H14N2O5S/c1-5-2-12(9(16)11-7(5)15)8-6(14)10(17,3-13)4-18-8/h2,6,8,13-14,17H,3-4H2,1H3,(H,11,15,16)/t6-,8-,10+/m1/s1. The van der Waals surface area contributed by atoms with Crippen LogP contribution in [0.5, 0.6) is 0 Å². The number of rotatable bonds is 2. The molecule has 0 radical (unpaired) electrons.